The summed E-state index contributed by atoms with van der Waals surface area (Å²) in [6.45, 7) is 4.56. The van der Waals surface area contributed by atoms with Crippen molar-refractivity contribution >= 4 is 10.9 Å². The van der Waals surface area contributed by atoms with Crippen molar-refractivity contribution in [1.82, 2.24) is 10.3 Å². The van der Waals surface area contributed by atoms with Gasteiger partial charge in [0.1, 0.15) is 0 Å². The van der Waals surface area contributed by atoms with E-state index in [-0.39, 0.29) is 0 Å². The van der Waals surface area contributed by atoms with E-state index >= 15 is 0 Å². The Morgan fingerprint density at radius 2 is 2.21 bits per heavy atom. The summed E-state index contributed by atoms with van der Waals surface area (Å²) in [5, 5.41) is 4.95. The smallest absolute Gasteiger partial charge is 0.0454 e. The molecule has 2 atom stereocenters. The Bertz CT molecular complexity index is 529. The molecule has 2 N–H and O–H groups in total. The molecule has 0 aliphatic heterocycles. The van der Waals surface area contributed by atoms with E-state index in [1.807, 2.05) is 6.20 Å². The molecule has 3 rings (SSSR count). The van der Waals surface area contributed by atoms with Crippen molar-refractivity contribution in [3.8, 4) is 0 Å². The van der Waals surface area contributed by atoms with Crippen molar-refractivity contribution in [1.29, 1.82) is 0 Å². The van der Waals surface area contributed by atoms with Crippen molar-refractivity contribution in [2.45, 2.75) is 39.2 Å². The van der Waals surface area contributed by atoms with Gasteiger partial charge in [-0.25, -0.2) is 0 Å². The molecule has 0 radical (unpaired) electrons. The number of aromatic nitrogens is 1. The zero-order chi connectivity index (χ0) is 13.1. The van der Waals surface area contributed by atoms with Gasteiger partial charge in [0.25, 0.3) is 0 Å². The van der Waals surface area contributed by atoms with Crippen molar-refractivity contribution in [3.05, 3.63) is 36.0 Å². The molecule has 19 heavy (non-hydrogen) atoms. The van der Waals surface area contributed by atoms with Crippen LogP contribution in [0.3, 0.4) is 0 Å². The topological polar surface area (TPSA) is 27.8 Å². The molecule has 1 aliphatic rings. The van der Waals surface area contributed by atoms with Gasteiger partial charge in [-0.1, -0.05) is 25.8 Å². The lowest BCUT2D eigenvalue weighted by Crippen LogP contribution is -2.26. The van der Waals surface area contributed by atoms with Crippen LogP contribution in [0.25, 0.3) is 10.9 Å². The van der Waals surface area contributed by atoms with E-state index in [1.165, 1.54) is 48.7 Å². The third-order valence-electron chi connectivity index (χ3n) is 4.42. The highest BCUT2D eigenvalue weighted by Crippen LogP contribution is 2.28. The minimum atomic E-state index is 0.889. The van der Waals surface area contributed by atoms with Gasteiger partial charge in [-0.05, 0) is 60.4 Å². The van der Waals surface area contributed by atoms with Gasteiger partial charge in [-0.15, -0.1) is 0 Å². The Morgan fingerprint density at radius 3 is 3.11 bits per heavy atom. The lowest BCUT2D eigenvalue weighted by Gasteiger charge is -2.26. The first-order valence-electron chi connectivity index (χ1n) is 7.58. The minimum Gasteiger partial charge on any atom is -0.361 e. The van der Waals surface area contributed by atoms with Gasteiger partial charge in [0.05, 0.1) is 0 Å². The van der Waals surface area contributed by atoms with Crippen LogP contribution in [-0.4, -0.2) is 11.5 Å². The Kier molecular flexibility index (Phi) is 3.88. The Morgan fingerprint density at radius 1 is 1.26 bits per heavy atom. The molecule has 1 saturated carbocycles. The summed E-state index contributed by atoms with van der Waals surface area (Å²) >= 11 is 0. The molecule has 2 unspecified atom stereocenters. The van der Waals surface area contributed by atoms with E-state index in [9.17, 15) is 0 Å². The molecule has 0 amide bonds. The van der Waals surface area contributed by atoms with Crippen LogP contribution < -0.4 is 5.32 Å². The van der Waals surface area contributed by atoms with Crippen molar-refractivity contribution in [3.63, 3.8) is 0 Å². The second kappa shape index (κ2) is 5.79. The quantitative estimate of drug-likeness (QED) is 0.847. The van der Waals surface area contributed by atoms with Gasteiger partial charge >= 0.3 is 0 Å². The lowest BCUT2D eigenvalue weighted by molar-refractivity contribution is 0.274. The summed E-state index contributed by atoms with van der Waals surface area (Å²) in [6, 6.07) is 8.81. The molecule has 1 aromatic carbocycles. The van der Waals surface area contributed by atoms with Crippen LogP contribution in [0.5, 0.6) is 0 Å². The minimum absolute atomic E-state index is 0.889. The van der Waals surface area contributed by atoms with Crippen molar-refractivity contribution < 1.29 is 0 Å². The number of nitrogens with one attached hydrogen (secondary N) is 2. The van der Waals surface area contributed by atoms with Crippen LogP contribution in [0.4, 0.5) is 0 Å². The fraction of sp³-hybridized carbons (Fsp3) is 0.529. The predicted molar refractivity (Wildman–Crippen MR) is 81.1 cm³/mol. The van der Waals surface area contributed by atoms with Gasteiger partial charge in [-0.3, -0.25) is 0 Å². The molecule has 2 nitrogen and oxygen atoms in total. The van der Waals surface area contributed by atoms with E-state index in [0.717, 1.165) is 18.4 Å². The van der Waals surface area contributed by atoms with Crippen molar-refractivity contribution in [2.24, 2.45) is 11.8 Å². The molecular weight excluding hydrogens is 232 g/mol. The van der Waals surface area contributed by atoms with E-state index in [1.54, 1.807) is 0 Å². The highest BCUT2D eigenvalue weighted by Gasteiger charge is 2.18. The fourth-order valence-electron chi connectivity index (χ4n) is 3.38. The first kappa shape index (κ1) is 12.7. The molecule has 2 heteroatoms. The number of hydrogen-bond acceptors (Lipinski definition) is 1. The zero-order valence-electron chi connectivity index (χ0n) is 11.8. The van der Waals surface area contributed by atoms with Gasteiger partial charge in [0.15, 0.2) is 0 Å². The van der Waals surface area contributed by atoms with E-state index in [2.05, 4.69) is 41.5 Å². The number of benzene rings is 1. The van der Waals surface area contributed by atoms with Crippen LogP contribution in [0.2, 0.25) is 0 Å². The average molecular weight is 256 g/mol. The number of fused-ring (bicyclic) bond motifs is 1. The highest BCUT2D eigenvalue weighted by atomic mass is 14.9. The zero-order valence-corrected chi connectivity index (χ0v) is 11.8. The normalized spacial score (nSPS) is 23.8. The molecule has 102 valence electrons. The van der Waals surface area contributed by atoms with Crippen LogP contribution in [-0.2, 0) is 6.54 Å². The summed E-state index contributed by atoms with van der Waals surface area (Å²) in [4.78, 5) is 3.24. The molecular formula is C17H24N2. The summed E-state index contributed by atoms with van der Waals surface area (Å²) < 4.78 is 0. The highest BCUT2D eigenvalue weighted by molar-refractivity contribution is 5.79. The Hall–Kier alpha value is -1.28. The Balaban J connectivity index is 1.51. The molecule has 0 bridgehead atoms. The predicted octanol–water partition coefficient (Wildman–Crippen LogP) is 4.08. The average Bonchev–Trinajstić information content (AvgIpc) is 2.86. The van der Waals surface area contributed by atoms with Crippen LogP contribution in [0.1, 0.15) is 38.2 Å². The number of aromatic amines is 1. The van der Waals surface area contributed by atoms with Crippen LogP contribution >= 0.6 is 0 Å². The summed E-state index contributed by atoms with van der Waals surface area (Å²) in [6.07, 6.45) is 7.67. The summed E-state index contributed by atoms with van der Waals surface area (Å²) in [5.41, 5.74) is 2.61. The first-order valence-corrected chi connectivity index (χ1v) is 7.58. The number of hydrogen-bond donors (Lipinski definition) is 2. The van der Waals surface area contributed by atoms with E-state index in [0.29, 0.717) is 0 Å². The summed E-state index contributed by atoms with van der Waals surface area (Å²) in [5.74, 6) is 1.82. The van der Waals surface area contributed by atoms with Gasteiger partial charge in [0, 0.05) is 18.3 Å². The standard InChI is InChI=1S/C17H24N2/c1-13-3-2-4-14(9-13)11-18-12-15-5-6-17-16(10-15)7-8-19-17/h5-8,10,13-14,18-19H,2-4,9,11-12H2,1H3. The second-order valence-electron chi connectivity index (χ2n) is 6.17. The van der Waals surface area contributed by atoms with E-state index < -0.39 is 0 Å². The SMILES string of the molecule is CC1CCCC(CNCc2ccc3[nH]ccc3c2)C1. The first-order chi connectivity index (χ1) is 9.31. The van der Waals surface area contributed by atoms with Gasteiger partial charge in [-0.2, -0.15) is 0 Å². The maximum atomic E-state index is 3.64. The maximum Gasteiger partial charge on any atom is 0.0454 e. The molecule has 1 fully saturated rings. The fourth-order valence-corrected chi connectivity index (χ4v) is 3.38. The molecule has 1 heterocycles. The van der Waals surface area contributed by atoms with Crippen LogP contribution in [0.15, 0.2) is 30.5 Å². The third-order valence-corrected chi connectivity index (χ3v) is 4.42. The Labute approximate surface area is 115 Å². The largest absolute Gasteiger partial charge is 0.361 e. The number of H-pyrrole nitrogens is 1. The second-order valence-corrected chi connectivity index (χ2v) is 6.17. The molecule has 2 aromatic rings. The molecule has 0 saturated heterocycles. The number of rotatable bonds is 4. The monoisotopic (exact) mass is 256 g/mol. The van der Waals surface area contributed by atoms with E-state index in [4.69, 9.17) is 0 Å². The van der Waals surface area contributed by atoms with Gasteiger partial charge in [0.2, 0.25) is 0 Å². The third kappa shape index (κ3) is 3.19. The van der Waals surface area contributed by atoms with Crippen molar-refractivity contribution in [2.75, 3.05) is 6.54 Å². The van der Waals surface area contributed by atoms with Crippen LogP contribution in [0, 0.1) is 11.8 Å². The summed E-state index contributed by atoms with van der Waals surface area (Å²) in [7, 11) is 0. The molecule has 0 spiro atoms. The molecule has 1 aliphatic carbocycles. The van der Waals surface area contributed by atoms with Gasteiger partial charge < -0.3 is 10.3 Å². The maximum absolute atomic E-state index is 3.64. The molecule has 1 aromatic heterocycles. The lowest BCUT2D eigenvalue weighted by atomic mass is 9.82.